The topological polar surface area (TPSA) is 47.6 Å². The van der Waals surface area contributed by atoms with Crippen LogP contribution in [0.2, 0.25) is 10.0 Å². The summed E-state index contributed by atoms with van der Waals surface area (Å²) in [6.45, 7) is 4.04. The summed E-state index contributed by atoms with van der Waals surface area (Å²) in [7, 11) is 1.62. The summed E-state index contributed by atoms with van der Waals surface area (Å²) in [4.78, 5) is 12.6. The molecule has 1 amide bonds. The first-order chi connectivity index (χ1) is 13.3. The van der Waals surface area contributed by atoms with Crippen LogP contribution in [0.1, 0.15) is 37.4 Å². The van der Waals surface area contributed by atoms with Crippen molar-refractivity contribution in [2.75, 3.05) is 12.9 Å². The van der Waals surface area contributed by atoms with Crippen molar-refractivity contribution in [2.24, 2.45) is 0 Å². The highest BCUT2D eigenvalue weighted by atomic mass is 35.5. The van der Waals surface area contributed by atoms with Gasteiger partial charge in [-0.1, -0.05) is 29.3 Å². The molecule has 0 fully saturated rings. The Labute approximate surface area is 179 Å². The van der Waals surface area contributed by atoms with Gasteiger partial charge in [-0.3, -0.25) is 4.79 Å². The predicted octanol–water partition coefficient (Wildman–Crippen LogP) is 5.65. The molecule has 1 aliphatic rings. The number of ether oxygens (including phenoxy) is 2. The number of methoxy groups -OCH3 is 1. The van der Waals surface area contributed by atoms with E-state index in [0.29, 0.717) is 28.0 Å². The lowest BCUT2D eigenvalue weighted by Gasteiger charge is -2.38. The molecular formula is C21H23Cl2NO3S. The third kappa shape index (κ3) is 5.07. The maximum atomic E-state index is 12.6. The summed E-state index contributed by atoms with van der Waals surface area (Å²) < 4.78 is 11.4. The molecule has 1 heterocycles. The van der Waals surface area contributed by atoms with Crippen molar-refractivity contribution in [3.63, 3.8) is 0 Å². The van der Waals surface area contributed by atoms with E-state index in [-0.39, 0.29) is 17.6 Å². The van der Waals surface area contributed by atoms with Gasteiger partial charge in [0.2, 0.25) is 5.91 Å². The Bertz CT molecular complexity index is 852. The van der Waals surface area contributed by atoms with Crippen molar-refractivity contribution in [1.82, 2.24) is 5.32 Å². The van der Waals surface area contributed by atoms with E-state index in [1.807, 2.05) is 38.1 Å². The molecule has 0 unspecified atom stereocenters. The number of thioether (sulfide) groups is 1. The van der Waals surface area contributed by atoms with Crippen LogP contribution < -0.4 is 14.8 Å². The fourth-order valence-electron chi connectivity index (χ4n) is 3.24. The Morgan fingerprint density at radius 1 is 1.29 bits per heavy atom. The minimum Gasteiger partial charge on any atom is -0.497 e. The first-order valence-corrected chi connectivity index (χ1v) is 10.9. The monoisotopic (exact) mass is 439 g/mol. The Balaban J connectivity index is 1.65. The molecule has 28 heavy (non-hydrogen) atoms. The first-order valence-electron chi connectivity index (χ1n) is 8.96. The van der Waals surface area contributed by atoms with Crippen LogP contribution in [0, 0.1) is 0 Å². The van der Waals surface area contributed by atoms with Crippen LogP contribution in [0.5, 0.6) is 11.5 Å². The molecule has 0 saturated heterocycles. The van der Waals surface area contributed by atoms with E-state index in [2.05, 4.69) is 5.32 Å². The van der Waals surface area contributed by atoms with Gasteiger partial charge in [-0.15, -0.1) is 11.8 Å². The van der Waals surface area contributed by atoms with Gasteiger partial charge in [0.1, 0.15) is 17.1 Å². The Hall–Kier alpha value is -1.56. The molecule has 0 radical (unpaired) electrons. The van der Waals surface area contributed by atoms with Crippen LogP contribution in [0.15, 0.2) is 36.4 Å². The van der Waals surface area contributed by atoms with Crippen molar-refractivity contribution >= 4 is 40.9 Å². The Kier molecular flexibility index (Phi) is 6.69. The highest BCUT2D eigenvalue weighted by molar-refractivity contribution is 7.99. The van der Waals surface area contributed by atoms with Gasteiger partial charge < -0.3 is 14.8 Å². The molecule has 2 aromatic rings. The predicted molar refractivity (Wildman–Crippen MR) is 116 cm³/mol. The minimum absolute atomic E-state index is 0.0374. The standard InChI is InChI=1S/C21H23Cl2NO3S/c1-21(2)10-18(14-9-13(26-3)7-8-19(14)27-21)24-20(25)12-28-11-15-16(22)5-4-6-17(15)23/h4-9,18H,10-12H2,1-3H3,(H,24,25)/t18-/m1/s1. The molecule has 0 aliphatic carbocycles. The number of hydrogen-bond donors (Lipinski definition) is 1. The summed E-state index contributed by atoms with van der Waals surface area (Å²) in [6.07, 6.45) is 0.680. The zero-order chi connectivity index (χ0) is 20.3. The normalized spacial score (nSPS) is 17.4. The number of carbonyl (C=O) groups excluding carboxylic acids is 1. The average molecular weight is 440 g/mol. The average Bonchev–Trinajstić information content (AvgIpc) is 2.63. The number of halogens is 2. The van der Waals surface area contributed by atoms with Gasteiger partial charge in [-0.05, 0) is 49.7 Å². The third-order valence-electron chi connectivity index (χ3n) is 4.55. The lowest BCUT2D eigenvalue weighted by Crippen LogP contribution is -2.41. The highest BCUT2D eigenvalue weighted by Crippen LogP contribution is 2.41. The van der Waals surface area contributed by atoms with Crippen LogP contribution in [0.25, 0.3) is 0 Å². The van der Waals surface area contributed by atoms with Crippen molar-refractivity contribution < 1.29 is 14.3 Å². The largest absolute Gasteiger partial charge is 0.497 e. The second-order valence-electron chi connectivity index (χ2n) is 7.28. The zero-order valence-corrected chi connectivity index (χ0v) is 18.4. The summed E-state index contributed by atoms with van der Waals surface area (Å²) in [5.74, 6) is 2.38. The van der Waals surface area contributed by atoms with Crippen molar-refractivity contribution in [3.05, 3.63) is 57.6 Å². The molecule has 150 valence electrons. The summed E-state index contributed by atoms with van der Waals surface area (Å²) in [5.41, 5.74) is 1.43. The maximum Gasteiger partial charge on any atom is 0.230 e. The van der Waals surface area contributed by atoms with Crippen molar-refractivity contribution in [3.8, 4) is 11.5 Å². The molecule has 1 N–H and O–H groups in total. The molecule has 4 nitrogen and oxygen atoms in total. The van der Waals surface area contributed by atoms with E-state index in [1.165, 1.54) is 11.8 Å². The van der Waals surface area contributed by atoms with E-state index in [0.717, 1.165) is 22.6 Å². The smallest absolute Gasteiger partial charge is 0.230 e. The van der Waals surface area contributed by atoms with Crippen molar-refractivity contribution in [1.29, 1.82) is 0 Å². The van der Waals surface area contributed by atoms with Gasteiger partial charge in [0.25, 0.3) is 0 Å². The maximum absolute atomic E-state index is 12.6. The Morgan fingerprint density at radius 3 is 2.68 bits per heavy atom. The number of benzene rings is 2. The molecule has 0 bridgehead atoms. The van der Waals surface area contributed by atoms with Crippen LogP contribution in [0.4, 0.5) is 0 Å². The summed E-state index contributed by atoms with van der Waals surface area (Å²) in [6, 6.07) is 11.0. The van der Waals surface area contributed by atoms with Gasteiger partial charge in [-0.25, -0.2) is 0 Å². The number of nitrogens with one attached hydrogen (secondary N) is 1. The van der Waals surface area contributed by atoms with E-state index < -0.39 is 0 Å². The fraction of sp³-hybridized carbons (Fsp3) is 0.381. The molecule has 0 aromatic heterocycles. The third-order valence-corrected chi connectivity index (χ3v) is 6.22. The summed E-state index contributed by atoms with van der Waals surface area (Å²) >= 11 is 13.9. The number of fused-ring (bicyclic) bond motifs is 1. The second-order valence-corrected chi connectivity index (χ2v) is 9.08. The van der Waals surface area contributed by atoms with E-state index in [9.17, 15) is 4.79 Å². The van der Waals surface area contributed by atoms with Crippen LogP contribution >= 0.6 is 35.0 Å². The number of rotatable bonds is 6. The molecule has 2 aromatic carbocycles. The molecular weight excluding hydrogens is 417 g/mol. The van der Waals surface area contributed by atoms with Gasteiger partial charge >= 0.3 is 0 Å². The molecule has 3 rings (SSSR count). The number of carbonyl (C=O) groups is 1. The van der Waals surface area contributed by atoms with E-state index in [4.69, 9.17) is 32.7 Å². The first kappa shape index (κ1) is 21.2. The number of hydrogen-bond acceptors (Lipinski definition) is 4. The zero-order valence-electron chi connectivity index (χ0n) is 16.1. The lowest BCUT2D eigenvalue weighted by molar-refractivity contribution is -0.119. The van der Waals surface area contributed by atoms with E-state index >= 15 is 0 Å². The molecule has 0 saturated carbocycles. The quantitative estimate of drug-likeness (QED) is 0.630. The van der Waals surface area contributed by atoms with Crippen LogP contribution in [0.3, 0.4) is 0 Å². The van der Waals surface area contributed by atoms with Gasteiger partial charge in [0.15, 0.2) is 0 Å². The van der Waals surface area contributed by atoms with Crippen molar-refractivity contribution in [2.45, 2.75) is 37.7 Å². The minimum atomic E-state index is -0.363. The van der Waals surface area contributed by atoms with Gasteiger partial charge in [0.05, 0.1) is 18.9 Å². The summed E-state index contributed by atoms with van der Waals surface area (Å²) in [5, 5.41) is 4.37. The Morgan fingerprint density at radius 2 is 2.00 bits per heavy atom. The molecule has 0 spiro atoms. The van der Waals surface area contributed by atoms with Gasteiger partial charge in [-0.2, -0.15) is 0 Å². The highest BCUT2D eigenvalue weighted by Gasteiger charge is 2.34. The molecule has 1 atom stereocenters. The lowest BCUT2D eigenvalue weighted by atomic mass is 9.89. The van der Waals surface area contributed by atoms with Gasteiger partial charge in [0, 0.05) is 27.8 Å². The van der Waals surface area contributed by atoms with E-state index in [1.54, 1.807) is 19.2 Å². The van der Waals surface area contributed by atoms with Crippen LogP contribution in [-0.2, 0) is 10.5 Å². The second kappa shape index (κ2) is 8.85. The molecule has 1 aliphatic heterocycles. The molecule has 7 heteroatoms. The SMILES string of the molecule is COc1ccc2c(c1)[C@H](NC(=O)CSCc1c(Cl)cccc1Cl)CC(C)(C)O2. The fourth-order valence-corrected chi connectivity index (χ4v) is 4.82. The van der Waals surface area contributed by atoms with Crippen LogP contribution in [-0.4, -0.2) is 24.4 Å². The number of amides is 1.